The number of hydrogen-bond donors (Lipinski definition) is 0. The van der Waals surface area contributed by atoms with E-state index in [0.717, 1.165) is 0 Å². The molecular weight excluding hydrogens is 260 g/mol. The van der Waals surface area contributed by atoms with Crippen molar-refractivity contribution < 1.29 is 26.5 Å². The zero-order chi connectivity index (χ0) is 14.1. The van der Waals surface area contributed by atoms with Crippen LogP contribution in [-0.2, 0) is 0 Å². The summed E-state index contributed by atoms with van der Waals surface area (Å²) in [5.74, 6) is -8.33. The Morgan fingerprint density at radius 2 is 1.56 bits per heavy atom. The molecule has 0 aliphatic heterocycles. The highest BCUT2D eigenvalue weighted by atomic mass is 19.4. The Morgan fingerprint density at radius 3 is 2.06 bits per heavy atom. The summed E-state index contributed by atoms with van der Waals surface area (Å²) in [4.78, 5) is -3.03. The summed E-state index contributed by atoms with van der Waals surface area (Å²) in [5, 5.41) is 0. The predicted octanol–water partition coefficient (Wildman–Crippen LogP) is 4.37. The average Bonchev–Trinajstić information content (AvgIpc) is 2.28. The molecule has 7 heteroatoms. The van der Waals surface area contributed by atoms with Gasteiger partial charge in [0.1, 0.15) is 0 Å². The molecule has 1 aromatic carbocycles. The number of hydrogen-bond acceptors (Lipinski definition) is 0. The van der Waals surface area contributed by atoms with Crippen LogP contribution in [0.25, 0.3) is 0 Å². The van der Waals surface area contributed by atoms with Gasteiger partial charge in [0.05, 0.1) is 4.93 Å². The van der Waals surface area contributed by atoms with Crippen LogP contribution >= 0.6 is 0 Å². The highest BCUT2D eigenvalue weighted by Crippen LogP contribution is 2.33. The van der Waals surface area contributed by atoms with Crippen LogP contribution in [0, 0.1) is 29.2 Å². The quantitative estimate of drug-likeness (QED) is 0.330. The largest absolute Gasteiger partial charge is 0.255 e. The smallest absolute Gasteiger partial charge is 0.203 e. The first-order valence-corrected chi connectivity index (χ1v) is 5.27. The lowest BCUT2D eigenvalue weighted by molar-refractivity contribution is -0.144. The summed E-state index contributed by atoms with van der Waals surface area (Å²) in [7, 11) is 0. The van der Waals surface area contributed by atoms with Crippen LogP contribution in [0.15, 0.2) is 6.07 Å². The fraction of sp³-hybridized carbons (Fsp3) is 0.455. The molecule has 0 aliphatic rings. The van der Waals surface area contributed by atoms with E-state index in [9.17, 15) is 26.5 Å². The Bertz CT molecular complexity index is 444. The number of benzene rings is 1. The van der Waals surface area contributed by atoms with Crippen LogP contribution in [0.2, 0.25) is 0 Å². The summed E-state index contributed by atoms with van der Waals surface area (Å²) < 4.78 is 78.5. The van der Waals surface area contributed by atoms with E-state index < -0.39 is 40.4 Å². The van der Waals surface area contributed by atoms with Gasteiger partial charge in [-0.05, 0) is 5.92 Å². The molecule has 0 atom stereocenters. The maximum absolute atomic E-state index is 13.5. The topological polar surface area (TPSA) is 0 Å². The Hall–Kier alpha value is -1.24. The molecule has 1 aromatic rings. The van der Waals surface area contributed by atoms with Gasteiger partial charge in [-0.25, -0.2) is 13.2 Å². The molecule has 0 aliphatic carbocycles. The van der Waals surface area contributed by atoms with Crippen molar-refractivity contribution in [2.75, 3.05) is 6.54 Å². The number of nitrogens with zero attached hydrogens (tertiary/aromatic N) is 1. The minimum atomic E-state index is -3.03. The van der Waals surface area contributed by atoms with Crippen molar-refractivity contribution in [3.63, 3.8) is 0 Å². The van der Waals surface area contributed by atoms with Crippen molar-refractivity contribution >= 4 is 5.69 Å². The van der Waals surface area contributed by atoms with Crippen molar-refractivity contribution in [2.45, 2.75) is 20.3 Å². The highest BCUT2D eigenvalue weighted by molar-refractivity contribution is 5.42. The molecule has 0 N–H and O–H groups in total. The predicted molar refractivity (Wildman–Crippen MR) is 54.6 cm³/mol. The Morgan fingerprint density at radius 1 is 1.00 bits per heavy atom. The second kappa shape index (κ2) is 5.17. The average molecular weight is 272 g/mol. The molecule has 0 aromatic heterocycles. The normalized spacial score (nSPS) is 12.3. The van der Waals surface area contributed by atoms with Gasteiger partial charge >= 0.3 is 0 Å². The van der Waals surface area contributed by atoms with E-state index in [4.69, 9.17) is 0 Å². The first-order chi connectivity index (χ1) is 8.16. The molecule has 0 spiro atoms. The van der Waals surface area contributed by atoms with E-state index in [2.05, 4.69) is 0 Å². The van der Waals surface area contributed by atoms with Crippen LogP contribution < -0.4 is 4.93 Å². The van der Waals surface area contributed by atoms with E-state index in [1.807, 2.05) is 0 Å². The highest BCUT2D eigenvalue weighted by Gasteiger charge is 2.40. The third kappa shape index (κ3) is 2.95. The van der Waals surface area contributed by atoms with Gasteiger partial charge in [0.15, 0.2) is 18.2 Å². The standard InChI is InChI=1S/C11H12F6N/c1-6(2)3-4-18(16,17)8-5-7(12)9(13)11(15)10(8)14/h5-6H,3-4H2,1-2H3/q+1. The Balaban J connectivity index is 3.16. The van der Waals surface area contributed by atoms with Crippen molar-refractivity contribution in [3.05, 3.63) is 29.3 Å². The molecule has 102 valence electrons. The first-order valence-electron chi connectivity index (χ1n) is 5.27. The molecule has 0 bridgehead atoms. The van der Waals surface area contributed by atoms with Crippen LogP contribution in [0.5, 0.6) is 0 Å². The molecule has 0 fully saturated rings. The lowest BCUT2D eigenvalue weighted by Crippen LogP contribution is -2.33. The van der Waals surface area contributed by atoms with Gasteiger partial charge in [-0.3, -0.25) is 0 Å². The fourth-order valence-corrected chi connectivity index (χ4v) is 1.34. The second-order valence-corrected chi connectivity index (χ2v) is 4.36. The van der Waals surface area contributed by atoms with E-state index in [-0.39, 0.29) is 18.4 Å². The maximum atomic E-state index is 13.5. The Labute approximate surface area is 100 Å². The maximum Gasteiger partial charge on any atom is 0.255 e. The van der Waals surface area contributed by atoms with Crippen molar-refractivity contribution in [2.24, 2.45) is 5.92 Å². The van der Waals surface area contributed by atoms with E-state index in [0.29, 0.717) is 0 Å². The van der Waals surface area contributed by atoms with Crippen LogP contribution in [-0.4, -0.2) is 6.54 Å². The Kier molecular flexibility index (Phi) is 4.26. The summed E-state index contributed by atoms with van der Waals surface area (Å²) in [6.45, 7) is 2.52. The molecule has 0 amide bonds. The second-order valence-electron chi connectivity index (χ2n) is 4.36. The van der Waals surface area contributed by atoms with Gasteiger partial charge < -0.3 is 0 Å². The third-order valence-electron chi connectivity index (χ3n) is 2.42. The van der Waals surface area contributed by atoms with E-state index in [1.54, 1.807) is 13.8 Å². The first kappa shape index (κ1) is 14.8. The fourth-order valence-electron chi connectivity index (χ4n) is 1.34. The number of quaternary nitrogens is 1. The van der Waals surface area contributed by atoms with Crippen LogP contribution in [0.1, 0.15) is 20.3 Å². The molecule has 1 nitrogen and oxygen atoms in total. The van der Waals surface area contributed by atoms with Crippen molar-refractivity contribution in [1.82, 2.24) is 4.93 Å². The zero-order valence-electron chi connectivity index (χ0n) is 9.78. The summed E-state index contributed by atoms with van der Waals surface area (Å²) in [6, 6.07) is -0.0198. The number of halogens is 6. The lowest BCUT2D eigenvalue weighted by Gasteiger charge is -2.15. The molecule has 0 heterocycles. The molecule has 18 heavy (non-hydrogen) atoms. The van der Waals surface area contributed by atoms with Gasteiger partial charge in [0.2, 0.25) is 11.6 Å². The van der Waals surface area contributed by atoms with E-state index in [1.165, 1.54) is 0 Å². The van der Waals surface area contributed by atoms with Crippen molar-refractivity contribution in [3.8, 4) is 0 Å². The summed E-state index contributed by atoms with van der Waals surface area (Å²) in [5.41, 5.74) is -1.51. The minimum absolute atomic E-state index is 0.0198. The summed E-state index contributed by atoms with van der Waals surface area (Å²) in [6.07, 6.45) is 0.0209. The molecular formula is C11H12F6N+. The van der Waals surface area contributed by atoms with Crippen LogP contribution in [0.3, 0.4) is 0 Å². The summed E-state index contributed by atoms with van der Waals surface area (Å²) >= 11 is 0. The minimum Gasteiger partial charge on any atom is -0.203 e. The van der Waals surface area contributed by atoms with Gasteiger partial charge in [0, 0.05) is 21.4 Å². The lowest BCUT2D eigenvalue weighted by atomic mass is 10.1. The zero-order valence-corrected chi connectivity index (χ0v) is 9.78. The van der Waals surface area contributed by atoms with Crippen LogP contribution in [0.4, 0.5) is 32.2 Å². The van der Waals surface area contributed by atoms with Gasteiger partial charge in [0.25, 0.3) is 5.69 Å². The molecule has 0 saturated heterocycles. The van der Waals surface area contributed by atoms with Gasteiger partial charge in [-0.2, -0.15) is 4.39 Å². The SMILES string of the molecule is CC(C)CC[N+](F)(F)c1cc(F)c(F)c(F)c1F. The molecule has 1 rings (SSSR count). The molecule has 0 saturated carbocycles. The third-order valence-corrected chi connectivity index (χ3v) is 2.42. The van der Waals surface area contributed by atoms with Gasteiger partial charge in [-0.1, -0.05) is 13.8 Å². The van der Waals surface area contributed by atoms with E-state index >= 15 is 0 Å². The number of rotatable bonds is 4. The van der Waals surface area contributed by atoms with Gasteiger partial charge in [-0.15, -0.1) is 0 Å². The monoisotopic (exact) mass is 272 g/mol. The molecule has 0 radical (unpaired) electrons. The molecule has 0 unspecified atom stereocenters. The van der Waals surface area contributed by atoms with Crippen molar-refractivity contribution in [1.29, 1.82) is 0 Å².